The van der Waals surface area contributed by atoms with Gasteiger partial charge in [-0.2, -0.15) is 0 Å². The maximum atomic E-state index is 11.9. The van der Waals surface area contributed by atoms with Crippen molar-refractivity contribution in [2.45, 2.75) is 76.4 Å². The van der Waals surface area contributed by atoms with Crippen molar-refractivity contribution >= 4 is 22.7 Å². The van der Waals surface area contributed by atoms with Crippen LogP contribution in [0.4, 0.5) is 0 Å². The second-order valence-electron chi connectivity index (χ2n) is 5.41. The van der Waals surface area contributed by atoms with Gasteiger partial charge in [0.05, 0.1) is 0 Å². The van der Waals surface area contributed by atoms with Crippen LogP contribution in [0.5, 0.6) is 0 Å². The zero-order valence-corrected chi connectivity index (χ0v) is 12.9. The Morgan fingerprint density at radius 2 is 1.79 bits per heavy atom. The van der Waals surface area contributed by atoms with Gasteiger partial charge in [-0.3, -0.25) is 9.59 Å². The van der Waals surface area contributed by atoms with Crippen molar-refractivity contribution in [1.82, 2.24) is 0 Å². The Bertz CT molecular complexity index is 317. The first-order chi connectivity index (χ1) is 9.15. The normalized spacial score (nSPS) is 16.3. The van der Waals surface area contributed by atoms with Crippen LogP contribution in [0.15, 0.2) is 12.2 Å². The van der Waals surface area contributed by atoms with Gasteiger partial charge >= 0.3 is 0 Å². The molecule has 0 N–H and O–H groups in total. The quantitative estimate of drug-likeness (QED) is 0.368. The molecule has 1 rings (SSSR count). The van der Waals surface area contributed by atoms with Crippen molar-refractivity contribution in [1.29, 1.82) is 0 Å². The highest BCUT2D eigenvalue weighted by Gasteiger charge is 2.23. The maximum Gasteiger partial charge on any atom is 0.259 e. The molecule has 0 atom stereocenters. The molecule has 0 aromatic carbocycles. The first kappa shape index (κ1) is 16.5. The SMILES string of the molecule is C=C(CCCCCC)C(=O)C(=O)SC1CCCCC1. The molecule has 0 bridgehead atoms. The summed E-state index contributed by atoms with van der Waals surface area (Å²) in [6.45, 7) is 5.94. The van der Waals surface area contributed by atoms with Crippen LogP contribution >= 0.6 is 11.8 Å². The van der Waals surface area contributed by atoms with Crippen LogP contribution in [0, 0.1) is 0 Å². The van der Waals surface area contributed by atoms with Crippen LogP contribution in [-0.2, 0) is 9.59 Å². The molecular formula is C16H26O2S. The Morgan fingerprint density at radius 1 is 1.11 bits per heavy atom. The van der Waals surface area contributed by atoms with Crippen molar-refractivity contribution < 1.29 is 9.59 Å². The van der Waals surface area contributed by atoms with Crippen molar-refractivity contribution in [2.75, 3.05) is 0 Å². The van der Waals surface area contributed by atoms with Crippen LogP contribution in [0.2, 0.25) is 0 Å². The highest BCUT2D eigenvalue weighted by atomic mass is 32.2. The third-order valence-corrected chi connectivity index (χ3v) is 4.87. The molecular weight excluding hydrogens is 256 g/mol. The average Bonchev–Trinajstić information content (AvgIpc) is 2.43. The number of thioether (sulfide) groups is 1. The fraction of sp³-hybridized carbons (Fsp3) is 0.750. The molecule has 0 heterocycles. The van der Waals surface area contributed by atoms with E-state index in [9.17, 15) is 9.59 Å². The summed E-state index contributed by atoms with van der Waals surface area (Å²) in [5.74, 6) is -0.341. The van der Waals surface area contributed by atoms with Gasteiger partial charge in [0.1, 0.15) is 0 Å². The van der Waals surface area contributed by atoms with Crippen molar-refractivity contribution in [2.24, 2.45) is 0 Å². The molecule has 0 spiro atoms. The monoisotopic (exact) mass is 282 g/mol. The second kappa shape index (κ2) is 9.35. The van der Waals surface area contributed by atoms with E-state index >= 15 is 0 Å². The molecule has 1 saturated carbocycles. The zero-order valence-electron chi connectivity index (χ0n) is 12.1. The van der Waals surface area contributed by atoms with E-state index in [2.05, 4.69) is 13.5 Å². The first-order valence-corrected chi connectivity index (χ1v) is 8.46. The molecule has 1 aliphatic carbocycles. The fourth-order valence-electron chi connectivity index (χ4n) is 2.41. The Balaban J connectivity index is 2.26. The Kier molecular flexibility index (Phi) is 8.11. The summed E-state index contributed by atoms with van der Waals surface area (Å²) in [4.78, 5) is 23.8. The predicted molar refractivity (Wildman–Crippen MR) is 82.4 cm³/mol. The summed E-state index contributed by atoms with van der Waals surface area (Å²) in [5.41, 5.74) is 0.504. The molecule has 1 aliphatic rings. The molecule has 0 aliphatic heterocycles. The van der Waals surface area contributed by atoms with E-state index in [1.165, 1.54) is 43.9 Å². The van der Waals surface area contributed by atoms with Gasteiger partial charge in [-0.1, -0.05) is 63.8 Å². The van der Waals surface area contributed by atoms with Gasteiger partial charge in [-0.05, 0) is 31.3 Å². The molecule has 0 unspecified atom stereocenters. The van der Waals surface area contributed by atoms with Crippen LogP contribution in [0.3, 0.4) is 0 Å². The minimum atomic E-state index is -0.341. The number of rotatable bonds is 8. The smallest absolute Gasteiger partial charge is 0.259 e. The van der Waals surface area contributed by atoms with Crippen molar-refractivity contribution in [3.63, 3.8) is 0 Å². The summed E-state index contributed by atoms with van der Waals surface area (Å²) < 4.78 is 0. The minimum absolute atomic E-state index is 0.285. The molecule has 0 amide bonds. The summed E-state index contributed by atoms with van der Waals surface area (Å²) in [6, 6.07) is 0. The highest BCUT2D eigenvalue weighted by Crippen LogP contribution is 2.29. The maximum absolute atomic E-state index is 11.9. The van der Waals surface area contributed by atoms with Gasteiger partial charge in [-0.25, -0.2) is 0 Å². The number of hydrogen-bond donors (Lipinski definition) is 0. The lowest BCUT2D eigenvalue weighted by Crippen LogP contribution is -2.18. The largest absolute Gasteiger partial charge is 0.285 e. The fourth-order valence-corrected chi connectivity index (χ4v) is 3.53. The van der Waals surface area contributed by atoms with Crippen LogP contribution in [-0.4, -0.2) is 16.1 Å². The van der Waals surface area contributed by atoms with Gasteiger partial charge in [0.25, 0.3) is 5.12 Å². The average molecular weight is 282 g/mol. The molecule has 19 heavy (non-hydrogen) atoms. The second-order valence-corrected chi connectivity index (χ2v) is 6.68. The number of Topliss-reactive ketones (excluding diaryl/α,β-unsaturated/α-hetero) is 1. The molecule has 0 radical (unpaired) electrons. The number of carbonyl (C=O) groups is 2. The molecule has 108 valence electrons. The highest BCUT2D eigenvalue weighted by molar-refractivity contribution is 8.16. The lowest BCUT2D eigenvalue weighted by atomic mass is 10.0. The molecule has 0 saturated heterocycles. The number of hydrogen-bond acceptors (Lipinski definition) is 3. The third-order valence-electron chi connectivity index (χ3n) is 3.66. The summed E-state index contributed by atoms with van der Waals surface area (Å²) in [7, 11) is 0. The topological polar surface area (TPSA) is 34.1 Å². The summed E-state index contributed by atoms with van der Waals surface area (Å²) >= 11 is 1.25. The molecule has 3 heteroatoms. The van der Waals surface area contributed by atoms with Crippen LogP contribution in [0.1, 0.15) is 71.1 Å². The molecule has 0 aromatic heterocycles. The van der Waals surface area contributed by atoms with Crippen molar-refractivity contribution in [3.05, 3.63) is 12.2 Å². The minimum Gasteiger partial charge on any atom is -0.285 e. The van der Waals surface area contributed by atoms with Gasteiger partial charge in [0.15, 0.2) is 0 Å². The number of allylic oxidation sites excluding steroid dienone is 1. The van der Waals surface area contributed by atoms with E-state index in [0.29, 0.717) is 17.2 Å². The lowest BCUT2D eigenvalue weighted by molar-refractivity contribution is -0.129. The number of ketones is 1. The van der Waals surface area contributed by atoms with Crippen LogP contribution in [0.25, 0.3) is 0 Å². The van der Waals surface area contributed by atoms with Gasteiger partial charge in [0.2, 0.25) is 5.78 Å². The third kappa shape index (κ3) is 6.42. The summed E-state index contributed by atoms with van der Waals surface area (Å²) in [5, 5.41) is 0.0745. The van der Waals surface area contributed by atoms with E-state index < -0.39 is 0 Å². The van der Waals surface area contributed by atoms with E-state index in [1.54, 1.807) is 0 Å². The van der Waals surface area contributed by atoms with Crippen LogP contribution < -0.4 is 0 Å². The Morgan fingerprint density at radius 3 is 2.42 bits per heavy atom. The lowest BCUT2D eigenvalue weighted by Gasteiger charge is -2.19. The molecule has 2 nitrogen and oxygen atoms in total. The van der Waals surface area contributed by atoms with Gasteiger partial charge in [0, 0.05) is 5.25 Å². The van der Waals surface area contributed by atoms with E-state index in [4.69, 9.17) is 0 Å². The zero-order chi connectivity index (χ0) is 14.1. The molecule has 1 fully saturated rings. The number of unbranched alkanes of at least 4 members (excludes halogenated alkanes) is 3. The standard InChI is InChI=1S/C16H26O2S/c1-3-4-5-7-10-13(2)15(17)16(18)19-14-11-8-6-9-12-14/h14H,2-12H2,1H3. The Hall–Kier alpha value is -0.570. The van der Waals surface area contributed by atoms with Gasteiger partial charge < -0.3 is 0 Å². The van der Waals surface area contributed by atoms with E-state index in [0.717, 1.165) is 25.7 Å². The van der Waals surface area contributed by atoms with E-state index in [-0.39, 0.29) is 10.9 Å². The molecule has 0 aromatic rings. The van der Waals surface area contributed by atoms with Gasteiger partial charge in [-0.15, -0.1) is 0 Å². The van der Waals surface area contributed by atoms with E-state index in [1.807, 2.05) is 0 Å². The van der Waals surface area contributed by atoms with Crippen molar-refractivity contribution in [3.8, 4) is 0 Å². The number of carbonyl (C=O) groups excluding carboxylic acids is 2. The first-order valence-electron chi connectivity index (χ1n) is 7.58. The summed E-state index contributed by atoms with van der Waals surface area (Å²) in [6.07, 6.45) is 10.9. The predicted octanol–water partition coefficient (Wildman–Crippen LogP) is 4.67. The Labute approximate surface area is 121 Å².